The zero-order valence-electron chi connectivity index (χ0n) is 16.7. The number of aryl methyl sites for hydroxylation is 1. The molecule has 2 bridgehead atoms. The van der Waals surface area contributed by atoms with Crippen molar-refractivity contribution in [2.45, 2.75) is 19.8 Å². The van der Waals surface area contributed by atoms with Gasteiger partial charge in [0.05, 0.1) is 28.5 Å². The third kappa shape index (κ3) is 2.38. The Morgan fingerprint density at radius 3 is 2.42 bits per heavy atom. The minimum Gasteiger partial charge on any atom is -0.455 e. The van der Waals surface area contributed by atoms with Crippen molar-refractivity contribution in [1.29, 1.82) is 0 Å². The fraction of sp³-hybridized carbons (Fsp3) is 0.348. The maximum atomic E-state index is 13.0. The highest BCUT2D eigenvalue weighted by Gasteiger charge is 2.73. The Kier molecular flexibility index (Phi) is 3.53. The number of hydrogen-bond acceptors (Lipinski definition) is 6. The molecular weight excluding hydrogens is 398 g/mol. The Morgan fingerprint density at radius 2 is 1.81 bits per heavy atom. The maximum Gasteiger partial charge on any atom is 0.280 e. The number of hydrazone groups is 1. The normalized spacial score (nSPS) is 29.5. The molecule has 0 unspecified atom stereocenters. The van der Waals surface area contributed by atoms with Gasteiger partial charge in [0.25, 0.3) is 17.5 Å². The molecule has 0 N–H and O–H groups in total. The average Bonchev–Trinajstić information content (AvgIpc) is 3.03. The Balaban J connectivity index is 1.25. The molecule has 2 aromatic rings. The summed E-state index contributed by atoms with van der Waals surface area (Å²) in [5, 5.41) is 16.5. The van der Waals surface area contributed by atoms with Crippen LogP contribution in [0.2, 0.25) is 0 Å². The van der Waals surface area contributed by atoms with E-state index in [2.05, 4.69) is 17.3 Å². The van der Waals surface area contributed by atoms with Crippen LogP contribution in [0.3, 0.4) is 0 Å². The summed E-state index contributed by atoms with van der Waals surface area (Å²) in [6.07, 6.45) is 7.73. The first-order valence-electron chi connectivity index (χ1n) is 10.4. The van der Waals surface area contributed by atoms with Crippen LogP contribution < -0.4 is 0 Å². The lowest BCUT2D eigenvalue weighted by Crippen LogP contribution is -2.30. The van der Waals surface area contributed by atoms with E-state index in [1.54, 1.807) is 31.2 Å². The summed E-state index contributed by atoms with van der Waals surface area (Å²) in [4.78, 5) is 36.8. The second-order valence-corrected chi connectivity index (χ2v) is 8.93. The quantitative estimate of drug-likeness (QED) is 0.248. The van der Waals surface area contributed by atoms with E-state index in [1.165, 1.54) is 12.3 Å². The van der Waals surface area contributed by atoms with Crippen LogP contribution in [0.5, 0.6) is 0 Å². The van der Waals surface area contributed by atoms with Crippen molar-refractivity contribution >= 4 is 23.7 Å². The number of carbonyl (C=O) groups excluding carboxylic acids is 2. The number of amides is 2. The number of nitro benzene ring substituents is 1. The molecule has 1 aromatic carbocycles. The summed E-state index contributed by atoms with van der Waals surface area (Å²) < 4.78 is 5.71. The van der Waals surface area contributed by atoms with Gasteiger partial charge in [-0.1, -0.05) is 18.2 Å². The molecule has 31 heavy (non-hydrogen) atoms. The Labute approximate surface area is 177 Å². The van der Waals surface area contributed by atoms with Crippen molar-refractivity contribution in [3.63, 3.8) is 0 Å². The van der Waals surface area contributed by atoms with Gasteiger partial charge >= 0.3 is 0 Å². The molecule has 8 heteroatoms. The lowest BCUT2D eigenvalue weighted by molar-refractivity contribution is -0.384. The minimum absolute atomic E-state index is 0.0486. The van der Waals surface area contributed by atoms with Crippen molar-refractivity contribution in [2.24, 2.45) is 34.2 Å². The minimum atomic E-state index is -0.450. The van der Waals surface area contributed by atoms with Gasteiger partial charge in [0, 0.05) is 6.07 Å². The highest BCUT2D eigenvalue weighted by molar-refractivity contribution is 6.07. The third-order valence-corrected chi connectivity index (χ3v) is 7.37. The lowest BCUT2D eigenvalue weighted by Gasteiger charge is -2.18. The first kappa shape index (κ1) is 18.2. The van der Waals surface area contributed by atoms with Gasteiger partial charge in [-0.3, -0.25) is 19.7 Å². The fourth-order valence-corrected chi connectivity index (χ4v) is 5.86. The number of nitrogens with zero attached hydrogens (tertiary/aromatic N) is 3. The van der Waals surface area contributed by atoms with Crippen molar-refractivity contribution in [1.82, 2.24) is 5.01 Å². The van der Waals surface area contributed by atoms with E-state index in [0.717, 1.165) is 23.4 Å². The highest BCUT2D eigenvalue weighted by atomic mass is 16.6. The van der Waals surface area contributed by atoms with E-state index in [4.69, 9.17) is 4.42 Å². The average molecular weight is 417 g/mol. The van der Waals surface area contributed by atoms with Crippen LogP contribution in [0.4, 0.5) is 5.69 Å². The Bertz CT molecular complexity index is 1190. The summed E-state index contributed by atoms with van der Waals surface area (Å²) in [5.41, 5.74) is 1.23. The van der Waals surface area contributed by atoms with Gasteiger partial charge in [0.1, 0.15) is 11.5 Å². The summed E-state index contributed by atoms with van der Waals surface area (Å²) in [7, 11) is 0. The van der Waals surface area contributed by atoms with Gasteiger partial charge in [0.15, 0.2) is 0 Å². The first-order chi connectivity index (χ1) is 14.9. The zero-order chi connectivity index (χ0) is 21.5. The topological polar surface area (TPSA) is 106 Å². The number of nitro groups is 1. The molecule has 1 aromatic heterocycles. The standard InChI is InChI=1S/C23H19N3O5/c1-12-2-4-14(17(10-12)26(29)30)18-7-3-13(31-18)11-24-25-21(27)19-15-5-6-16(20(19)22(25)28)23(15)8-9-23/h2-7,10-11,15-16,19-20H,8-9H2,1H3/b24-11-/t15-,16-,19+,20+/m1/s1. The van der Waals surface area contributed by atoms with Gasteiger partial charge in [-0.05, 0) is 60.8 Å². The summed E-state index contributed by atoms with van der Waals surface area (Å²) in [6.45, 7) is 1.78. The maximum absolute atomic E-state index is 13.0. The number of imide groups is 1. The zero-order valence-corrected chi connectivity index (χ0v) is 16.7. The largest absolute Gasteiger partial charge is 0.455 e. The number of benzene rings is 1. The van der Waals surface area contributed by atoms with Gasteiger partial charge in [0.2, 0.25) is 0 Å². The second kappa shape index (κ2) is 6.00. The van der Waals surface area contributed by atoms with Crippen LogP contribution in [0, 0.1) is 46.1 Å². The van der Waals surface area contributed by atoms with E-state index in [-0.39, 0.29) is 46.6 Å². The SMILES string of the molecule is Cc1ccc(-c2ccc(/C=N\N3C(=O)[C@@H]4[C@@H](C3=O)[C@H]3C=C[C@H]4C34CC4)o2)c([N+](=O)[O-])c1. The molecule has 4 aliphatic rings. The number of rotatable bonds is 4. The van der Waals surface area contributed by atoms with E-state index in [0.29, 0.717) is 17.1 Å². The number of fused-ring (bicyclic) bond motifs is 3. The molecule has 3 fully saturated rings. The Morgan fingerprint density at radius 1 is 1.13 bits per heavy atom. The van der Waals surface area contributed by atoms with Crippen molar-refractivity contribution in [3.05, 3.63) is 63.9 Å². The summed E-state index contributed by atoms with van der Waals surface area (Å²) in [6, 6.07) is 8.12. The number of allylic oxidation sites excluding steroid dienone is 2. The smallest absolute Gasteiger partial charge is 0.280 e. The molecule has 1 aliphatic heterocycles. The molecule has 2 amide bonds. The van der Waals surface area contributed by atoms with Crippen molar-refractivity contribution in [3.8, 4) is 11.3 Å². The molecule has 1 saturated heterocycles. The lowest BCUT2D eigenvalue weighted by atomic mass is 9.85. The van der Waals surface area contributed by atoms with Crippen LogP contribution >= 0.6 is 0 Å². The van der Waals surface area contributed by atoms with Crippen molar-refractivity contribution in [2.75, 3.05) is 0 Å². The summed E-state index contributed by atoms with van der Waals surface area (Å²) in [5.74, 6) is -0.156. The third-order valence-electron chi connectivity index (χ3n) is 7.37. The number of hydrogen-bond donors (Lipinski definition) is 0. The number of furan rings is 1. The van der Waals surface area contributed by atoms with Crippen molar-refractivity contribution < 1.29 is 18.9 Å². The molecule has 2 saturated carbocycles. The predicted molar refractivity (Wildman–Crippen MR) is 110 cm³/mol. The van der Waals surface area contributed by atoms with Gasteiger partial charge < -0.3 is 4.42 Å². The Hall–Kier alpha value is -3.55. The van der Waals surface area contributed by atoms with Crippen LogP contribution in [-0.2, 0) is 9.59 Å². The molecule has 0 radical (unpaired) electrons. The van der Waals surface area contributed by atoms with Crippen LogP contribution in [-0.4, -0.2) is 28.0 Å². The van der Waals surface area contributed by atoms with E-state index < -0.39 is 4.92 Å². The first-order valence-corrected chi connectivity index (χ1v) is 10.4. The van der Waals surface area contributed by atoms with Gasteiger partial charge in [-0.2, -0.15) is 10.1 Å². The van der Waals surface area contributed by atoms with Gasteiger partial charge in [-0.25, -0.2) is 0 Å². The molecule has 4 atom stereocenters. The van der Waals surface area contributed by atoms with Crippen LogP contribution in [0.1, 0.15) is 24.2 Å². The predicted octanol–water partition coefficient (Wildman–Crippen LogP) is 3.69. The van der Waals surface area contributed by atoms with Crippen LogP contribution in [0.15, 0.2) is 52.0 Å². The van der Waals surface area contributed by atoms with E-state index >= 15 is 0 Å². The second-order valence-electron chi connectivity index (χ2n) is 8.93. The molecule has 1 spiro atoms. The fourth-order valence-electron chi connectivity index (χ4n) is 5.86. The van der Waals surface area contributed by atoms with E-state index in [1.807, 2.05) is 0 Å². The molecular formula is C23H19N3O5. The van der Waals surface area contributed by atoms with Gasteiger partial charge in [-0.15, -0.1) is 0 Å². The molecule has 8 nitrogen and oxygen atoms in total. The molecule has 156 valence electrons. The van der Waals surface area contributed by atoms with E-state index in [9.17, 15) is 19.7 Å². The molecule has 2 heterocycles. The monoisotopic (exact) mass is 417 g/mol. The molecule has 3 aliphatic carbocycles. The molecule has 6 rings (SSSR count). The van der Waals surface area contributed by atoms with Crippen LogP contribution in [0.25, 0.3) is 11.3 Å². The summed E-state index contributed by atoms with van der Waals surface area (Å²) >= 11 is 0. The highest BCUT2D eigenvalue weighted by Crippen LogP contribution is 2.73. The number of carbonyl (C=O) groups is 2.